The lowest BCUT2D eigenvalue weighted by Gasteiger charge is -2.31. The van der Waals surface area contributed by atoms with Crippen LogP contribution in [0.3, 0.4) is 0 Å². The maximum Gasteiger partial charge on any atom is 0.262 e. The molecule has 1 aliphatic rings. The Morgan fingerprint density at radius 1 is 1.10 bits per heavy atom. The second kappa shape index (κ2) is 6.24. The number of benzene rings is 1. The van der Waals surface area contributed by atoms with Crippen LogP contribution in [0.25, 0.3) is 0 Å². The van der Waals surface area contributed by atoms with Gasteiger partial charge in [-0.25, -0.2) is 16.8 Å². The fourth-order valence-corrected chi connectivity index (χ4v) is 5.84. The van der Waals surface area contributed by atoms with E-state index in [-0.39, 0.29) is 9.79 Å². The molecule has 1 fully saturated rings. The molecule has 0 atom stereocenters. The van der Waals surface area contributed by atoms with Gasteiger partial charge in [-0.15, -0.1) is 0 Å². The third-order valence-electron chi connectivity index (χ3n) is 3.88. The molecule has 21 heavy (non-hydrogen) atoms. The van der Waals surface area contributed by atoms with Crippen LogP contribution in [0.4, 0.5) is 0 Å². The van der Waals surface area contributed by atoms with Gasteiger partial charge < -0.3 is 0 Å². The normalized spacial score (nSPS) is 18.8. The Kier molecular flexibility index (Phi) is 4.97. The zero-order valence-corrected chi connectivity index (χ0v) is 14.1. The van der Waals surface area contributed by atoms with E-state index in [1.165, 1.54) is 28.6 Å². The van der Waals surface area contributed by atoms with Crippen LogP contribution >= 0.6 is 10.7 Å². The summed E-state index contributed by atoms with van der Waals surface area (Å²) in [6, 6.07) is 5.46. The summed E-state index contributed by atoms with van der Waals surface area (Å²) in [5.74, 6) is 0.531. The summed E-state index contributed by atoms with van der Waals surface area (Å²) < 4.78 is 49.8. The summed E-state index contributed by atoms with van der Waals surface area (Å²) in [5.41, 5.74) is 0. The molecule has 118 valence electrons. The summed E-state index contributed by atoms with van der Waals surface area (Å²) in [6.45, 7) is 2.92. The molecule has 0 aliphatic carbocycles. The van der Waals surface area contributed by atoms with Gasteiger partial charge in [-0.05, 0) is 30.9 Å². The fraction of sp³-hybridized carbons (Fsp3) is 0.538. The summed E-state index contributed by atoms with van der Waals surface area (Å²) in [5, 5.41) is 0. The van der Waals surface area contributed by atoms with Gasteiger partial charge in [0.1, 0.15) is 9.79 Å². The molecule has 2 rings (SSSR count). The molecule has 1 saturated heterocycles. The van der Waals surface area contributed by atoms with E-state index < -0.39 is 19.1 Å². The van der Waals surface area contributed by atoms with Crippen molar-refractivity contribution in [2.75, 3.05) is 13.1 Å². The van der Waals surface area contributed by atoms with Crippen LogP contribution in [0.5, 0.6) is 0 Å². The van der Waals surface area contributed by atoms with Crippen LogP contribution < -0.4 is 0 Å². The molecule has 0 aromatic heterocycles. The van der Waals surface area contributed by atoms with E-state index in [0.717, 1.165) is 19.3 Å². The van der Waals surface area contributed by atoms with Gasteiger partial charge in [0.25, 0.3) is 9.05 Å². The van der Waals surface area contributed by atoms with Gasteiger partial charge in [0.05, 0.1) is 0 Å². The van der Waals surface area contributed by atoms with E-state index in [4.69, 9.17) is 10.7 Å². The average Bonchev–Trinajstić information content (AvgIpc) is 2.46. The Hall–Kier alpha value is -0.630. The topological polar surface area (TPSA) is 71.5 Å². The summed E-state index contributed by atoms with van der Waals surface area (Å²) in [7, 11) is -2.60. The zero-order chi connectivity index (χ0) is 15.7. The van der Waals surface area contributed by atoms with Crippen molar-refractivity contribution in [3.63, 3.8) is 0 Å². The van der Waals surface area contributed by atoms with E-state index >= 15 is 0 Å². The average molecular weight is 352 g/mol. The molecule has 0 saturated carbocycles. The molecule has 1 aliphatic heterocycles. The predicted molar refractivity (Wildman–Crippen MR) is 81.3 cm³/mol. The highest BCUT2D eigenvalue weighted by molar-refractivity contribution is 8.14. The Balaban J connectivity index is 2.38. The van der Waals surface area contributed by atoms with E-state index in [1.807, 2.05) is 0 Å². The molecule has 0 spiro atoms. The smallest absolute Gasteiger partial charge is 0.207 e. The monoisotopic (exact) mass is 351 g/mol. The van der Waals surface area contributed by atoms with Crippen molar-refractivity contribution in [1.29, 1.82) is 0 Å². The molecule has 1 aromatic rings. The molecule has 0 amide bonds. The first-order valence-electron chi connectivity index (χ1n) is 6.80. The largest absolute Gasteiger partial charge is 0.262 e. The highest BCUT2D eigenvalue weighted by Gasteiger charge is 2.32. The van der Waals surface area contributed by atoms with Crippen LogP contribution in [-0.4, -0.2) is 34.2 Å². The first kappa shape index (κ1) is 16.7. The van der Waals surface area contributed by atoms with Crippen LogP contribution in [0.2, 0.25) is 0 Å². The first-order valence-corrected chi connectivity index (χ1v) is 10.6. The minimum absolute atomic E-state index is 0.241. The molecule has 1 heterocycles. The van der Waals surface area contributed by atoms with E-state index in [2.05, 4.69) is 6.92 Å². The Labute approximate surface area is 130 Å². The molecule has 0 N–H and O–H groups in total. The summed E-state index contributed by atoms with van der Waals surface area (Å²) >= 11 is 0. The number of halogens is 1. The van der Waals surface area contributed by atoms with Crippen molar-refractivity contribution in [1.82, 2.24) is 4.31 Å². The molecule has 1 aromatic carbocycles. The highest BCUT2D eigenvalue weighted by atomic mass is 35.7. The number of rotatable bonds is 4. The summed E-state index contributed by atoms with van der Waals surface area (Å²) in [6.07, 6.45) is 2.62. The highest BCUT2D eigenvalue weighted by Crippen LogP contribution is 2.30. The Morgan fingerprint density at radius 2 is 1.62 bits per heavy atom. The zero-order valence-electron chi connectivity index (χ0n) is 11.7. The molecule has 0 radical (unpaired) electrons. The van der Waals surface area contributed by atoms with Gasteiger partial charge >= 0.3 is 0 Å². The van der Waals surface area contributed by atoms with Crippen molar-refractivity contribution < 1.29 is 16.8 Å². The number of hydrogen-bond donors (Lipinski definition) is 0. The van der Waals surface area contributed by atoms with E-state index in [1.54, 1.807) is 0 Å². The van der Waals surface area contributed by atoms with Crippen molar-refractivity contribution in [3.05, 3.63) is 24.3 Å². The third-order valence-corrected chi connectivity index (χ3v) is 7.35. The van der Waals surface area contributed by atoms with Crippen molar-refractivity contribution >= 4 is 29.8 Å². The van der Waals surface area contributed by atoms with Crippen molar-refractivity contribution in [2.45, 2.75) is 36.0 Å². The molecular formula is C13H18ClNO4S2. The molecule has 0 bridgehead atoms. The van der Waals surface area contributed by atoms with Gasteiger partial charge in [0.2, 0.25) is 10.0 Å². The minimum atomic E-state index is -4.10. The van der Waals surface area contributed by atoms with Gasteiger partial charge in [-0.2, -0.15) is 4.31 Å². The van der Waals surface area contributed by atoms with Gasteiger partial charge in [0.15, 0.2) is 0 Å². The van der Waals surface area contributed by atoms with Gasteiger partial charge in [-0.3, -0.25) is 0 Å². The lowest BCUT2D eigenvalue weighted by molar-refractivity contribution is 0.268. The Bertz CT molecular complexity index is 707. The second-order valence-corrected chi connectivity index (χ2v) is 9.58. The molecule has 8 heteroatoms. The van der Waals surface area contributed by atoms with Gasteiger partial charge in [-0.1, -0.05) is 25.5 Å². The van der Waals surface area contributed by atoms with Crippen LogP contribution in [0, 0.1) is 5.92 Å². The van der Waals surface area contributed by atoms with Gasteiger partial charge in [0, 0.05) is 23.8 Å². The maximum atomic E-state index is 12.7. The van der Waals surface area contributed by atoms with Crippen LogP contribution in [0.1, 0.15) is 26.2 Å². The second-order valence-electron chi connectivity index (χ2n) is 5.14. The fourth-order valence-electron chi connectivity index (χ4n) is 2.56. The van der Waals surface area contributed by atoms with Crippen LogP contribution in [0.15, 0.2) is 34.1 Å². The van der Waals surface area contributed by atoms with Crippen molar-refractivity contribution in [2.24, 2.45) is 5.92 Å². The lowest BCUT2D eigenvalue weighted by atomic mass is 9.96. The lowest BCUT2D eigenvalue weighted by Crippen LogP contribution is -2.38. The first-order chi connectivity index (χ1) is 9.76. The molecule has 0 unspecified atom stereocenters. The quantitative estimate of drug-likeness (QED) is 0.781. The van der Waals surface area contributed by atoms with E-state index in [0.29, 0.717) is 19.0 Å². The minimum Gasteiger partial charge on any atom is -0.207 e. The maximum absolute atomic E-state index is 12.7. The van der Waals surface area contributed by atoms with Crippen LogP contribution in [-0.2, 0) is 19.1 Å². The van der Waals surface area contributed by atoms with Crippen molar-refractivity contribution in [3.8, 4) is 0 Å². The third kappa shape index (κ3) is 3.59. The van der Waals surface area contributed by atoms with E-state index in [9.17, 15) is 16.8 Å². The molecule has 5 nitrogen and oxygen atoms in total. The predicted octanol–water partition coefficient (Wildman–Crippen LogP) is 2.42. The standard InChI is InChI=1S/C13H18ClNO4S2/c1-2-11-7-9-15(10-8-11)21(18,19)13-6-4-3-5-12(13)20(14,16)17/h3-6,11H,2,7-10H2,1H3. The number of piperidine rings is 1. The molecular weight excluding hydrogens is 334 g/mol. The SMILES string of the molecule is CCC1CCN(S(=O)(=O)c2ccccc2S(=O)(=O)Cl)CC1. The summed E-state index contributed by atoms with van der Waals surface area (Å²) in [4.78, 5) is -0.598. The number of sulfonamides is 1. The Morgan fingerprint density at radius 3 is 2.10 bits per heavy atom. The number of hydrogen-bond acceptors (Lipinski definition) is 4. The number of nitrogens with zero attached hydrogens (tertiary/aromatic N) is 1.